The molecule has 0 heteroatoms. The summed E-state index contributed by atoms with van der Waals surface area (Å²) in [6.07, 6.45) is 10.5. The quantitative estimate of drug-likeness (QED) is 0.570. The molecule has 0 heterocycles. The molecule has 0 saturated heterocycles. The van der Waals surface area contributed by atoms with E-state index in [4.69, 9.17) is 0 Å². The molecule has 0 saturated carbocycles. The summed E-state index contributed by atoms with van der Waals surface area (Å²) in [5, 5.41) is 0. The predicted octanol–water partition coefficient (Wildman–Crippen LogP) is 6.41. The fraction of sp³-hybridized carbons (Fsp3) is 0.500. The molecule has 0 bridgehead atoms. The molecule has 0 spiro atoms. The third-order valence-electron chi connectivity index (χ3n) is 6.01. The molecule has 2 aromatic rings. The van der Waals surface area contributed by atoms with Crippen LogP contribution in [0.4, 0.5) is 0 Å². The van der Waals surface area contributed by atoms with E-state index in [2.05, 4.69) is 51.1 Å². The summed E-state index contributed by atoms with van der Waals surface area (Å²) >= 11 is 0. The first-order valence-corrected chi connectivity index (χ1v) is 9.82. The first-order chi connectivity index (χ1) is 11.6. The molecule has 0 N–H and O–H groups in total. The fourth-order valence-corrected chi connectivity index (χ4v) is 4.78. The Hall–Kier alpha value is -1.56. The molecule has 0 amide bonds. The standard InChI is InChI=1S/C24H30/c1-24(2,3)22-16-15-18-10-5-7-13-20(18)23(22)21-14-8-11-17-9-4-6-12-19(17)21/h8,11,14-16H,4-7,9-10,12-13H2,1-3H3. The van der Waals surface area contributed by atoms with E-state index >= 15 is 0 Å². The van der Waals surface area contributed by atoms with E-state index in [1.807, 2.05) is 0 Å². The van der Waals surface area contributed by atoms with Crippen molar-refractivity contribution >= 4 is 0 Å². The Labute approximate surface area is 147 Å². The van der Waals surface area contributed by atoms with Gasteiger partial charge >= 0.3 is 0 Å². The fourth-order valence-electron chi connectivity index (χ4n) is 4.78. The van der Waals surface area contributed by atoms with Gasteiger partial charge in [-0.1, -0.05) is 51.1 Å². The maximum absolute atomic E-state index is 2.43. The van der Waals surface area contributed by atoms with Crippen LogP contribution in [-0.2, 0) is 31.1 Å². The van der Waals surface area contributed by atoms with Crippen LogP contribution in [0.2, 0.25) is 0 Å². The molecule has 0 unspecified atom stereocenters. The van der Waals surface area contributed by atoms with Crippen LogP contribution in [-0.4, -0.2) is 0 Å². The van der Waals surface area contributed by atoms with Gasteiger partial charge in [0.15, 0.2) is 0 Å². The second-order valence-corrected chi connectivity index (χ2v) is 8.73. The van der Waals surface area contributed by atoms with Gasteiger partial charge in [-0.25, -0.2) is 0 Å². The summed E-state index contributed by atoms with van der Waals surface area (Å²) in [5.74, 6) is 0. The van der Waals surface area contributed by atoms with Gasteiger partial charge in [0.2, 0.25) is 0 Å². The monoisotopic (exact) mass is 318 g/mol. The van der Waals surface area contributed by atoms with Crippen molar-refractivity contribution in [3.8, 4) is 11.1 Å². The number of benzene rings is 2. The molecule has 0 radical (unpaired) electrons. The maximum atomic E-state index is 2.43. The minimum absolute atomic E-state index is 0.194. The lowest BCUT2D eigenvalue weighted by atomic mass is 9.74. The van der Waals surface area contributed by atoms with Gasteiger partial charge in [0.1, 0.15) is 0 Å². The zero-order chi connectivity index (χ0) is 16.7. The van der Waals surface area contributed by atoms with Gasteiger partial charge in [-0.3, -0.25) is 0 Å². The lowest BCUT2D eigenvalue weighted by Crippen LogP contribution is -2.17. The maximum Gasteiger partial charge on any atom is -0.0109 e. The number of hydrogen-bond donors (Lipinski definition) is 0. The number of aryl methyl sites for hydroxylation is 2. The highest BCUT2D eigenvalue weighted by Gasteiger charge is 2.26. The average molecular weight is 319 g/mol. The first kappa shape index (κ1) is 15.9. The Bertz CT molecular complexity index is 758. The Morgan fingerprint density at radius 1 is 0.667 bits per heavy atom. The minimum atomic E-state index is 0.194. The zero-order valence-electron chi connectivity index (χ0n) is 15.5. The molecular weight excluding hydrogens is 288 g/mol. The topological polar surface area (TPSA) is 0 Å². The summed E-state index contributed by atoms with van der Waals surface area (Å²) in [6, 6.07) is 11.9. The van der Waals surface area contributed by atoms with Crippen molar-refractivity contribution in [2.45, 2.75) is 77.6 Å². The van der Waals surface area contributed by atoms with E-state index in [1.165, 1.54) is 51.4 Å². The van der Waals surface area contributed by atoms with Crippen molar-refractivity contribution in [2.24, 2.45) is 0 Å². The molecular formula is C24H30. The van der Waals surface area contributed by atoms with E-state index in [1.54, 1.807) is 38.9 Å². The normalized spacial score (nSPS) is 17.3. The SMILES string of the molecule is CC(C)(C)c1ccc2c(c1-c1cccc3c1CCCC3)CCCC2. The van der Waals surface area contributed by atoms with Crippen LogP contribution >= 0.6 is 0 Å². The number of hydrogen-bond acceptors (Lipinski definition) is 0. The lowest BCUT2D eigenvalue weighted by Gasteiger charge is -2.31. The van der Waals surface area contributed by atoms with Crippen LogP contribution in [0.25, 0.3) is 11.1 Å². The highest BCUT2D eigenvalue weighted by molar-refractivity contribution is 5.77. The van der Waals surface area contributed by atoms with Crippen molar-refractivity contribution in [1.29, 1.82) is 0 Å². The summed E-state index contributed by atoms with van der Waals surface area (Å²) in [4.78, 5) is 0. The zero-order valence-corrected chi connectivity index (χ0v) is 15.5. The highest BCUT2D eigenvalue weighted by atomic mass is 14.3. The Balaban J connectivity index is 2.00. The van der Waals surface area contributed by atoms with Gasteiger partial charge in [-0.05, 0) is 95.7 Å². The molecule has 2 aromatic carbocycles. The average Bonchev–Trinajstić information content (AvgIpc) is 2.59. The third kappa shape index (κ3) is 2.70. The van der Waals surface area contributed by atoms with Crippen molar-refractivity contribution in [2.75, 3.05) is 0 Å². The van der Waals surface area contributed by atoms with Crippen LogP contribution in [0.3, 0.4) is 0 Å². The molecule has 126 valence electrons. The second kappa shape index (κ2) is 6.06. The van der Waals surface area contributed by atoms with E-state index in [0.717, 1.165) is 0 Å². The Morgan fingerprint density at radius 2 is 1.29 bits per heavy atom. The third-order valence-corrected chi connectivity index (χ3v) is 6.01. The molecule has 2 aliphatic carbocycles. The van der Waals surface area contributed by atoms with Gasteiger partial charge in [-0.2, -0.15) is 0 Å². The summed E-state index contributed by atoms with van der Waals surface area (Å²) in [6.45, 7) is 7.11. The summed E-state index contributed by atoms with van der Waals surface area (Å²) < 4.78 is 0. The Kier molecular flexibility index (Phi) is 4.03. The molecule has 0 fully saturated rings. The molecule has 4 rings (SSSR count). The number of rotatable bonds is 1. The van der Waals surface area contributed by atoms with Gasteiger partial charge in [-0.15, -0.1) is 0 Å². The van der Waals surface area contributed by atoms with E-state index in [0.29, 0.717) is 0 Å². The van der Waals surface area contributed by atoms with Crippen LogP contribution < -0.4 is 0 Å². The molecule has 0 aliphatic heterocycles. The second-order valence-electron chi connectivity index (χ2n) is 8.73. The van der Waals surface area contributed by atoms with Crippen LogP contribution in [0.5, 0.6) is 0 Å². The van der Waals surface area contributed by atoms with Crippen molar-refractivity contribution < 1.29 is 0 Å². The summed E-state index contributed by atoms with van der Waals surface area (Å²) in [7, 11) is 0. The van der Waals surface area contributed by atoms with Gasteiger partial charge in [0.25, 0.3) is 0 Å². The lowest BCUT2D eigenvalue weighted by molar-refractivity contribution is 0.587. The van der Waals surface area contributed by atoms with Crippen LogP contribution in [0.1, 0.15) is 74.3 Å². The largest absolute Gasteiger partial charge is 0.0614 e. The van der Waals surface area contributed by atoms with E-state index < -0.39 is 0 Å². The predicted molar refractivity (Wildman–Crippen MR) is 104 cm³/mol. The molecule has 0 nitrogen and oxygen atoms in total. The molecule has 24 heavy (non-hydrogen) atoms. The molecule has 2 aliphatic rings. The number of fused-ring (bicyclic) bond motifs is 2. The van der Waals surface area contributed by atoms with Crippen molar-refractivity contribution in [1.82, 2.24) is 0 Å². The van der Waals surface area contributed by atoms with Gasteiger partial charge < -0.3 is 0 Å². The van der Waals surface area contributed by atoms with E-state index in [9.17, 15) is 0 Å². The van der Waals surface area contributed by atoms with Crippen LogP contribution in [0, 0.1) is 0 Å². The first-order valence-electron chi connectivity index (χ1n) is 9.82. The van der Waals surface area contributed by atoms with Crippen molar-refractivity contribution in [3.63, 3.8) is 0 Å². The van der Waals surface area contributed by atoms with Gasteiger partial charge in [0, 0.05) is 0 Å². The summed E-state index contributed by atoms with van der Waals surface area (Å²) in [5.41, 5.74) is 11.4. The van der Waals surface area contributed by atoms with E-state index in [-0.39, 0.29) is 5.41 Å². The van der Waals surface area contributed by atoms with Crippen LogP contribution in [0.15, 0.2) is 30.3 Å². The van der Waals surface area contributed by atoms with Gasteiger partial charge in [0.05, 0.1) is 0 Å². The van der Waals surface area contributed by atoms with Crippen molar-refractivity contribution in [3.05, 3.63) is 58.1 Å². The Morgan fingerprint density at radius 3 is 2.00 bits per heavy atom. The highest BCUT2D eigenvalue weighted by Crippen LogP contribution is 2.42. The minimum Gasteiger partial charge on any atom is -0.0614 e. The molecule has 0 atom stereocenters. The smallest absolute Gasteiger partial charge is 0.0109 e. The molecule has 0 aromatic heterocycles.